The predicted octanol–water partition coefficient (Wildman–Crippen LogP) is 1.25. The molecule has 0 heterocycles. The average Bonchev–Trinajstić information content (AvgIpc) is 2.03. The normalized spacial score (nSPS) is 10.8. The Kier molecular flexibility index (Phi) is 5.04. The molecule has 0 aromatic heterocycles. The van der Waals surface area contributed by atoms with Crippen LogP contribution in [0.3, 0.4) is 0 Å². The van der Waals surface area contributed by atoms with Crippen LogP contribution in [0.4, 0.5) is 0 Å². The van der Waals surface area contributed by atoms with Crippen LogP contribution in [0, 0.1) is 5.92 Å². The second kappa shape index (κ2) is 5.51. The molecule has 0 saturated carbocycles. The van der Waals surface area contributed by atoms with Gasteiger partial charge in [0.25, 0.3) is 0 Å². The molecule has 0 saturated heterocycles. The quantitative estimate of drug-likeness (QED) is 0.615. The first-order valence-corrected chi connectivity index (χ1v) is 4.37. The smallest absolute Gasteiger partial charge is 0.219 e. The number of nitrogens with zero attached hydrogens (tertiary/aromatic N) is 1. The Hall–Kier alpha value is -1.12. The molecular formula is C10H17NO2. The lowest BCUT2D eigenvalue weighted by Crippen LogP contribution is -2.23. The zero-order chi connectivity index (χ0) is 10.4. The average molecular weight is 183 g/mol. The van der Waals surface area contributed by atoms with Gasteiger partial charge >= 0.3 is 0 Å². The molecule has 0 spiro atoms. The lowest BCUT2D eigenvalue weighted by Gasteiger charge is -2.10. The van der Waals surface area contributed by atoms with Crippen LogP contribution in [0.15, 0.2) is 12.2 Å². The fourth-order valence-electron chi connectivity index (χ4n) is 0.648. The molecular weight excluding hydrogens is 166 g/mol. The molecule has 0 aromatic carbocycles. The van der Waals surface area contributed by atoms with Gasteiger partial charge in [0.15, 0.2) is 5.78 Å². The number of likely N-dealkylation sites (N-methyl/N-ethyl adjacent to an activating group) is 1. The Bertz CT molecular complexity index is 219. The van der Waals surface area contributed by atoms with E-state index in [1.54, 1.807) is 18.0 Å². The fraction of sp³-hybridized carbons (Fsp3) is 0.600. The molecule has 0 N–H and O–H groups in total. The number of ketones is 1. The van der Waals surface area contributed by atoms with E-state index in [0.717, 1.165) is 0 Å². The Morgan fingerprint density at radius 1 is 1.38 bits per heavy atom. The number of hydrogen-bond acceptors (Lipinski definition) is 2. The van der Waals surface area contributed by atoms with Crippen LogP contribution in [-0.2, 0) is 9.59 Å². The topological polar surface area (TPSA) is 37.4 Å². The molecule has 0 unspecified atom stereocenters. The minimum absolute atomic E-state index is 0.00152. The highest BCUT2D eigenvalue weighted by molar-refractivity contribution is 5.91. The largest absolute Gasteiger partial charge is 0.342 e. The lowest BCUT2D eigenvalue weighted by atomic mass is 10.1. The number of amides is 1. The van der Waals surface area contributed by atoms with Crippen molar-refractivity contribution in [3.05, 3.63) is 12.2 Å². The molecule has 74 valence electrons. The minimum atomic E-state index is 0.00152. The molecule has 0 atom stereocenters. The zero-order valence-corrected chi connectivity index (χ0v) is 8.70. The monoisotopic (exact) mass is 183 g/mol. The van der Waals surface area contributed by atoms with Gasteiger partial charge in [-0.25, -0.2) is 0 Å². The van der Waals surface area contributed by atoms with Crippen molar-refractivity contribution in [2.24, 2.45) is 5.92 Å². The minimum Gasteiger partial charge on any atom is -0.342 e. The summed E-state index contributed by atoms with van der Waals surface area (Å²) in [6.45, 7) is 5.69. The third-order valence-corrected chi connectivity index (χ3v) is 1.77. The molecule has 3 nitrogen and oxygen atoms in total. The molecule has 0 aliphatic carbocycles. The van der Waals surface area contributed by atoms with Gasteiger partial charge in [-0.3, -0.25) is 9.59 Å². The van der Waals surface area contributed by atoms with Gasteiger partial charge in [-0.1, -0.05) is 19.9 Å². The second-order valence-corrected chi connectivity index (χ2v) is 3.36. The first kappa shape index (κ1) is 11.9. The Labute approximate surface area is 79.4 Å². The summed E-state index contributed by atoms with van der Waals surface area (Å²) in [5.74, 6) is 0.123. The number of allylic oxidation sites excluding steroid dienone is 1. The lowest BCUT2D eigenvalue weighted by molar-refractivity contribution is -0.127. The fourth-order valence-corrected chi connectivity index (χ4v) is 0.648. The van der Waals surface area contributed by atoms with Gasteiger partial charge in [-0.2, -0.15) is 0 Å². The van der Waals surface area contributed by atoms with Crippen molar-refractivity contribution in [2.45, 2.75) is 20.8 Å². The summed E-state index contributed by atoms with van der Waals surface area (Å²) in [5.41, 5.74) is 0. The summed E-state index contributed by atoms with van der Waals surface area (Å²) < 4.78 is 0. The van der Waals surface area contributed by atoms with Gasteiger partial charge < -0.3 is 4.90 Å². The van der Waals surface area contributed by atoms with Gasteiger partial charge in [0, 0.05) is 26.4 Å². The maximum absolute atomic E-state index is 11.1. The molecule has 0 bridgehead atoms. The van der Waals surface area contributed by atoms with E-state index in [4.69, 9.17) is 0 Å². The van der Waals surface area contributed by atoms with Gasteiger partial charge in [-0.05, 0) is 6.08 Å². The summed E-state index contributed by atoms with van der Waals surface area (Å²) in [5, 5.41) is 0. The molecule has 0 fully saturated rings. The standard InChI is InChI=1S/C10H17NO2/c1-8(2)10(13)6-5-7-11(4)9(3)12/h5-6,8H,7H2,1-4H3/b6-5+. The summed E-state index contributed by atoms with van der Waals surface area (Å²) in [6.07, 6.45) is 3.24. The molecule has 0 aromatic rings. The van der Waals surface area contributed by atoms with Crippen LogP contribution in [0.25, 0.3) is 0 Å². The van der Waals surface area contributed by atoms with E-state index in [9.17, 15) is 9.59 Å². The highest BCUT2D eigenvalue weighted by Gasteiger charge is 2.02. The van der Waals surface area contributed by atoms with E-state index in [2.05, 4.69) is 0 Å². The molecule has 0 aliphatic heterocycles. The zero-order valence-electron chi connectivity index (χ0n) is 8.70. The van der Waals surface area contributed by atoms with E-state index in [-0.39, 0.29) is 17.6 Å². The molecule has 3 heteroatoms. The number of rotatable bonds is 4. The third kappa shape index (κ3) is 5.17. The summed E-state index contributed by atoms with van der Waals surface area (Å²) in [4.78, 5) is 23.4. The maximum atomic E-state index is 11.1. The van der Waals surface area contributed by atoms with Crippen LogP contribution in [0.1, 0.15) is 20.8 Å². The van der Waals surface area contributed by atoms with Crippen molar-refractivity contribution < 1.29 is 9.59 Å². The van der Waals surface area contributed by atoms with Gasteiger partial charge in [0.05, 0.1) is 0 Å². The SMILES string of the molecule is CC(=O)N(C)C/C=C/C(=O)C(C)C. The van der Waals surface area contributed by atoms with Crippen LogP contribution in [0.5, 0.6) is 0 Å². The van der Waals surface area contributed by atoms with Crippen LogP contribution in [-0.4, -0.2) is 30.2 Å². The summed E-state index contributed by atoms with van der Waals surface area (Å²) in [6, 6.07) is 0. The highest BCUT2D eigenvalue weighted by Crippen LogP contribution is 1.95. The third-order valence-electron chi connectivity index (χ3n) is 1.77. The van der Waals surface area contributed by atoms with Crippen molar-refractivity contribution in [3.63, 3.8) is 0 Å². The van der Waals surface area contributed by atoms with E-state index in [1.807, 2.05) is 13.8 Å². The van der Waals surface area contributed by atoms with Crippen molar-refractivity contribution in [3.8, 4) is 0 Å². The predicted molar refractivity (Wildman–Crippen MR) is 52.3 cm³/mol. The van der Waals surface area contributed by atoms with E-state index in [1.165, 1.54) is 13.0 Å². The Morgan fingerprint density at radius 2 is 1.92 bits per heavy atom. The van der Waals surface area contributed by atoms with Gasteiger partial charge in [0.1, 0.15) is 0 Å². The van der Waals surface area contributed by atoms with Crippen molar-refractivity contribution in [1.29, 1.82) is 0 Å². The molecule has 0 aliphatic rings. The summed E-state index contributed by atoms with van der Waals surface area (Å²) in [7, 11) is 1.70. The van der Waals surface area contributed by atoms with E-state index >= 15 is 0 Å². The van der Waals surface area contributed by atoms with Crippen molar-refractivity contribution in [2.75, 3.05) is 13.6 Å². The second-order valence-electron chi connectivity index (χ2n) is 3.36. The Balaban J connectivity index is 3.88. The van der Waals surface area contributed by atoms with Crippen LogP contribution in [0.2, 0.25) is 0 Å². The van der Waals surface area contributed by atoms with Crippen molar-refractivity contribution in [1.82, 2.24) is 4.90 Å². The maximum Gasteiger partial charge on any atom is 0.219 e. The first-order valence-electron chi connectivity index (χ1n) is 4.37. The van der Waals surface area contributed by atoms with Crippen molar-refractivity contribution >= 4 is 11.7 Å². The number of carbonyl (C=O) groups excluding carboxylic acids is 2. The molecule has 13 heavy (non-hydrogen) atoms. The Morgan fingerprint density at radius 3 is 2.31 bits per heavy atom. The first-order chi connectivity index (χ1) is 5.95. The number of carbonyl (C=O) groups is 2. The van der Waals surface area contributed by atoms with E-state index < -0.39 is 0 Å². The molecule has 0 rings (SSSR count). The molecule has 0 radical (unpaired) electrons. The number of hydrogen-bond donors (Lipinski definition) is 0. The molecule has 1 amide bonds. The summed E-state index contributed by atoms with van der Waals surface area (Å²) >= 11 is 0. The van der Waals surface area contributed by atoms with Gasteiger partial charge in [0.2, 0.25) is 5.91 Å². The van der Waals surface area contributed by atoms with Crippen LogP contribution < -0.4 is 0 Å². The van der Waals surface area contributed by atoms with E-state index in [0.29, 0.717) is 6.54 Å². The van der Waals surface area contributed by atoms with Crippen LogP contribution >= 0.6 is 0 Å². The highest BCUT2D eigenvalue weighted by atomic mass is 16.2. The van der Waals surface area contributed by atoms with Gasteiger partial charge in [-0.15, -0.1) is 0 Å².